The van der Waals surface area contributed by atoms with Crippen LogP contribution in [0.15, 0.2) is 53.6 Å². The first-order valence-corrected chi connectivity index (χ1v) is 6.17. The zero-order chi connectivity index (χ0) is 11.6. The van der Waals surface area contributed by atoms with E-state index in [2.05, 4.69) is 4.98 Å². The number of nitrogens with two attached hydrogens (primary N) is 1. The van der Waals surface area contributed by atoms with Gasteiger partial charge in [0.1, 0.15) is 4.90 Å². The molecule has 2 rings (SSSR count). The highest BCUT2D eigenvalue weighted by molar-refractivity contribution is 7.89. The maximum atomic E-state index is 11.4. The second kappa shape index (κ2) is 4.03. The molecular formula is C11H10N2O2S. The number of hydrogen-bond donors (Lipinski definition) is 1. The van der Waals surface area contributed by atoms with Crippen LogP contribution in [0.4, 0.5) is 0 Å². The van der Waals surface area contributed by atoms with Crippen LogP contribution in [0.2, 0.25) is 0 Å². The Morgan fingerprint density at radius 1 is 1.00 bits per heavy atom. The average molecular weight is 234 g/mol. The van der Waals surface area contributed by atoms with Crippen molar-refractivity contribution in [2.24, 2.45) is 5.14 Å². The van der Waals surface area contributed by atoms with Gasteiger partial charge in [0.15, 0.2) is 0 Å². The lowest BCUT2D eigenvalue weighted by atomic mass is 10.1. The first-order valence-electron chi connectivity index (χ1n) is 4.62. The van der Waals surface area contributed by atoms with Crippen molar-refractivity contribution >= 4 is 10.0 Å². The van der Waals surface area contributed by atoms with Crippen LogP contribution in [-0.2, 0) is 10.0 Å². The Labute approximate surface area is 93.8 Å². The zero-order valence-electron chi connectivity index (χ0n) is 8.37. The molecule has 4 nitrogen and oxygen atoms in total. The molecule has 1 aromatic heterocycles. The molecule has 0 saturated heterocycles. The molecule has 1 aromatic carbocycles. The fraction of sp³-hybridized carbons (Fsp3) is 0. The minimum Gasteiger partial charge on any atom is -0.255 e. The minimum absolute atomic E-state index is 0.0428. The molecule has 1 heterocycles. The van der Waals surface area contributed by atoms with Gasteiger partial charge in [0, 0.05) is 11.8 Å². The van der Waals surface area contributed by atoms with E-state index in [1.807, 2.05) is 18.2 Å². The van der Waals surface area contributed by atoms with Crippen LogP contribution in [0.25, 0.3) is 11.3 Å². The van der Waals surface area contributed by atoms with Gasteiger partial charge in [-0.3, -0.25) is 4.98 Å². The van der Waals surface area contributed by atoms with E-state index < -0.39 is 10.0 Å². The SMILES string of the molecule is NS(=O)(=O)c1cccnc1-c1ccccc1. The van der Waals surface area contributed by atoms with Gasteiger partial charge in [-0.2, -0.15) is 0 Å². The highest BCUT2D eigenvalue weighted by Crippen LogP contribution is 2.23. The second-order valence-electron chi connectivity index (χ2n) is 3.26. The summed E-state index contributed by atoms with van der Waals surface area (Å²) in [5.41, 5.74) is 1.11. The standard InChI is InChI=1S/C11H10N2O2S/c12-16(14,15)10-7-4-8-13-11(10)9-5-2-1-3-6-9/h1-8H,(H2,12,14,15). The molecule has 0 radical (unpaired) electrons. The van der Waals surface area contributed by atoms with Gasteiger partial charge in [0.25, 0.3) is 0 Å². The summed E-state index contributed by atoms with van der Waals surface area (Å²) in [4.78, 5) is 4.10. The molecular weight excluding hydrogens is 224 g/mol. The monoisotopic (exact) mass is 234 g/mol. The van der Waals surface area contributed by atoms with E-state index in [9.17, 15) is 8.42 Å². The topological polar surface area (TPSA) is 73.1 Å². The summed E-state index contributed by atoms with van der Waals surface area (Å²) in [5.74, 6) is 0. The van der Waals surface area contributed by atoms with Crippen molar-refractivity contribution in [2.45, 2.75) is 4.90 Å². The number of hydrogen-bond acceptors (Lipinski definition) is 3. The van der Waals surface area contributed by atoms with Gasteiger partial charge in [0.2, 0.25) is 10.0 Å². The predicted octanol–water partition coefficient (Wildman–Crippen LogP) is 1.40. The molecule has 0 bridgehead atoms. The summed E-state index contributed by atoms with van der Waals surface area (Å²) < 4.78 is 22.7. The Morgan fingerprint density at radius 2 is 1.69 bits per heavy atom. The third-order valence-corrected chi connectivity index (χ3v) is 3.07. The van der Waals surface area contributed by atoms with Gasteiger partial charge >= 0.3 is 0 Å². The molecule has 0 unspecified atom stereocenters. The number of pyridine rings is 1. The fourth-order valence-electron chi connectivity index (χ4n) is 1.43. The van der Waals surface area contributed by atoms with E-state index in [1.165, 1.54) is 12.3 Å². The number of sulfonamides is 1. The lowest BCUT2D eigenvalue weighted by molar-refractivity contribution is 0.597. The van der Waals surface area contributed by atoms with Crippen LogP contribution >= 0.6 is 0 Å². The van der Waals surface area contributed by atoms with Gasteiger partial charge in [0.05, 0.1) is 5.69 Å². The summed E-state index contributed by atoms with van der Waals surface area (Å²) in [5, 5.41) is 5.13. The molecule has 0 aliphatic heterocycles. The molecule has 5 heteroatoms. The van der Waals surface area contributed by atoms with Crippen molar-refractivity contribution in [3.8, 4) is 11.3 Å². The lowest BCUT2D eigenvalue weighted by Crippen LogP contribution is -2.13. The van der Waals surface area contributed by atoms with Crippen LogP contribution < -0.4 is 5.14 Å². The van der Waals surface area contributed by atoms with Crippen molar-refractivity contribution in [1.29, 1.82) is 0 Å². The van der Waals surface area contributed by atoms with E-state index in [0.29, 0.717) is 5.69 Å². The third kappa shape index (κ3) is 2.10. The zero-order valence-corrected chi connectivity index (χ0v) is 9.18. The van der Waals surface area contributed by atoms with Gasteiger partial charge < -0.3 is 0 Å². The van der Waals surface area contributed by atoms with E-state index >= 15 is 0 Å². The Bertz CT molecular complexity index is 594. The number of benzene rings is 1. The Balaban J connectivity index is 2.68. The van der Waals surface area contributed by atoms with E-state index in [4.69, 9.17) is 5.14 Å². The average Bonchev–Trinajstić information content (AvgIpc) is 2.29. The van der Waals surface area contributed by atoms with Crippen LogP contribution in [0.1, 0.15) is 0 Å². The first kappa shape index (κ1) is 10.8. The van der Waals surface area contributed by atoms with E-state index in [-0.39, 0.29) is 4.90 Å². The largest absolute Gasteiger partial charge is 0.255 e. The Kier molecular flexibility index (Phi) is 2.72. The summed E-state index contributed by atoms with van der Waals surface area (Å²) >= 11 is 0. The number of nitrogens with zero attached hydrogens (tertiary/aromatic N) is 1. The Hall–Kier alpha value is -1.72. The van der Waals surface area contributed by atoms with Crippen molar-refractivity contribution in [3.63, 3.8) is 0 Å². The molecule has 0 aliphatic carbocycles. The third-order valence-electron chi connectivity index (χ3n) is 2.12. The predicted molar refractivity (Wildman–Crippen MR) is 61.0 cm³/mol. The highest BCUT2D eigenvalue weighted by atomic mass is 32.2. The molecule has 0 aliphatic rings. The Morgan fingerprint density at radius 3 is 2.31 bits per heavy atom. The molecule has 0 saturated carbocycles. The first-order chi connectivity index (χ1) is 7.59. The molecule has 0 atom stereocenters. The van der Waals surface area contributed by atoms with Crippen molar-refractivity contribution in [3.05, 3.63) is 48.7 Å². The maximum Gasteiger partial charge on any atom is 0.240 e. The van der Waals surface area contributed by atoms with Crippen LogP contribution in [0, 0.1) is 0 Å². The smallest absolute Gasteiger partial charge is 0.240 e. The fourth-order valence-corrected chi connectivity index (χ4v) is 2.14. The molecule has 0 spiro atoms. The van der Waals surface area contributed by atoms with Gasteiger partial charge in [-0.15, -0.1) is 0 Å². The summed E-state index contributed by atoms with van der Waals surface area (Å²) in [7, 11) is -3.74. The summed E-state index contributed by atoms with van der Waals surface area (Å²) in [6, 6.07) is 12.1. The maximum absolute atomic E-state index is 11.4. The van der Waals surface area contributed by atoms with Gasteiger partial charge in [-0.1, -0.05) is 30.3 Å². The molecule has 2 N–H and O–H groups in total. The lowest BCUT2D eigenvalue weighted by Gasteiger charge is -2.05. The second-order valence-corrected chi connectivity index (χ2v) is 4.79. The van der Waals surface area contributed by atoms with Crippen molar-refractivity contribution in [2.75, 3.05) is 0 Å². The van der Waals surface area contributed by atoms with Crippen molar-refractivity contribution < 1.29 is 8.42 Å². The number of rotatable bonds is 2. The van der Waals surface area contributed by atoms with Gasteiger partial charge in [-0.25, -0.2) is 13.6 Å². The molecule has 0 fully saturated rings. The normalized spacial score (nSPS) is 11.3. The summed E-state index contributed by atoms with van der Waals surface area (Å²) in [6.45, 7) is 0. The van der Waals surface area contributed by atoms with Crippen LogP contribution in [0.5, 0.6) is 0 Å². The summed E-state index contributed by atoms with van der Waals surface area (Å²) in [6.07, 6.45) is 1.54. The number of aromatic nitrogens is 1. The quantitative estimate of drug-likeness (QED) is 0.853. The minimum atomic E-state index is -3.74. The van der Waals surface area contributed by atoms with Crippen LogP contribution in [-0.4, -0.2) is 13.4 Å². The molecule has 16 heavy (non-hydrogen) atoms. The van der Waals surface area contributed by atoms with E-state index in [0.717, 1.165) is 5.56 Å². The van der Waals surface area contributed by atoms with Gasteiger partial charge in [-0.05, 0) is 12.1 Å². The molecule has 2 aromatic rings. The number of primary sulfonamides is 1. The van der Waals surface area contributed by atoms with E-state index in [1.54, 1.807) is 18.2 Å². The molecule has 82 valence electrons. The molecule has 0 amide bonds. The highest BCUT2D eigenvalue weighted by Gasteiger charge is 2.15. The van der Waals surface area contributed by atoms with Crippen LogP contribution in [0.3, 0.4) is 0 Å². The van der Waals surface area contributed by atoms with Crippen molar-refractivity contribution in [1.82, 2.24) is 4.98 Å².